The molecule has 0 radical (unpaired) electrons. The van der Waals surface area contributed by atoms with Crippen LogP contribution in [0.1, 0.15) is 67.3 Å². The van der Waals surface area contributed by atoms with E-state index in [1.54, 1.807) is 0 Å². The Labute approximate surface area is 201 Å². The van der Waals surface area contributed by atoms with E-state index in [0.717, 1.165) is 49.1 Å². The van der Waals surface area contributed by atoms with Crippen molar-refractivity contribution in [3.05, 3.63) is 59.7 Å². The first-order chi connectivity index (χ1) is 16.4. The molecule has 2 bridgehead atoms. The standard InChI is InChI=1S/C28H33N3O3/c29-26(30)23-5-1-21(2-6-23)22-3-7-24(8-4-22)27(33)31-15-11-19(12-16-31)17-25(32)34-28-13-9-20(18-28)10-14-28/h1-8,19-20H,9-18H2,(H3,29,30). The molecular formula is C28H33N3O3. The SMILES string of the molecule is N=C(N)c1ccc(-c2ccc(C(=O)N3CCC(CC(=O)OC45CCC(CC4)C5)CC3)cc2)cc1. The summed E-state index contributed by atoms with van der Waals surface area (Å²) in [5.41, 5.74) is 8.77. The van der Waals surface area contributed by atoms with E-state index in [-0.39, 0.29) is 23.3 Å². The first-order valence-electron chi connectivity index (χ1n) is 12.5. The van der Waals surface area contributed by atoms with E-state index >= 15 is 0 Å². The molecule has 3 fully saturated rings. The molecule has 2 aromatic carbocycles. The third-order valence-corrected chi connectivity index (χ3v) is 8.03. The highest BCUT2D eigenvalue weighted by Gasteiger charge is 2.47. The number of hydrogen-bond donors (Lipinski definition) is 2. The molecular weight excluding hydrogens is 426 g/mol. The van der Waals surface area contributed by atoms with Crippen molar-refractivity contribution in [1.29, 1.82) is 5.41 Å². The van der Waals surface area contributed by atoms with Crippen molar-refractivity contribution in [3.8, 4) is 11.1 Å². The fourth-order valence-corrected chi connectivity index (χ4v) is 5.97. The second-order valence-electron chi connectivity index (χ2n) is 10.3. The summed E-state index contributed by atoms with van der Waals surface area (Å²) in [6, 6.07) is 15.2. The molecule has 1 heterocycles. The van der Waals surface area contributed by atoms with Crippen LogP contribution in [-0.2, 0) is 9.53 Å². The number of amidine groups is 1. The number of piperidine rings is 1. The number of fused-ring (bicyclic) bond motifs is 2. The first kappa shape index (κ1) is 22.6. The molecule has 1 saturated heterocycles. The van der Waals surface area contributed by atoms with E-state index < -0.39 is 0 Å². The lowest BCUT2D eigenvalue weighted by molar-refractivity contribution is -0.160. The average molecular weight is 460 g/mol. The zero-order chi connectivity index (χ0) is 23.7. The molecule has 1 amide bonds. The van der Waals surface area contributed by atoms with Crippen LogP contribution in [0.5, 0.6) is 0 Å². The van der Waals surface area contributed by atoms with Crippen molar-refractivity contribution in [2.75, 3.05) is 13.1 Å². The number of carbonyl (C=O) groups excluding carboxylic acids is 2. The molecule has 0 aromatic heterocycles. The molecule has 6 nitrogen and oxygen atoms in total. The Bertz CT molecular complexity index is 1060. The van der Waals surface area contributed by atoms with E-state index in [2.05, 4.69) is 0 Å². The summed E-state index contributed by atoms with van der Waals surface area (Å²) in [4.78, 5) is 27.5. The molecule has 178 valence electrons. The predicted octanol–water partition coefficient (Wildman–Crippen LogP) is 4.76. The molecule has 2 aromatic rings. The van der Waals surface area contributed by atoms with Gasteiger partial charge < -0.3 is 15.4 Å². The number of nitrogen functional groups attached to an aromatic ring is 1. The maximum absolute atomic E-state index is 13.0. The van der Waals surface area contributed by atoms with Crippen LogP contribution in [0.15, 0.2) is 48.5 Å². The van der Waals surface area contributed by atoms with Crippen LogP contribution in [0.4, 0.5) is 0 Å². The molecule has 2 saturated carbocycles. The third-order valence-electron chi connectivity index (χ3n) is 8.03. The van der Waals surface area contributed by atoms with Crippen LogP contribution in [0.3, 0.4) is 0 Å². The molecule has 34 heavy (non-hydrogen) atoms. The minimum absolute atomic E-state index is 0.0424. The Kier molecular flexibility index (Phi) is 6.15. The van der Waals surface area contributed by atoms with Gasteiger partial charge in [0.1, 0.15) is 11.4 Å². The molecule has 3 aliphatic rings. The predicted molar refractivity (Wildman–Crippen MR) is 132 cm³/mol. The Morgan fingerprint density at radius 3 is 1.97 bits per heavy atom. The fraction of sp³-hybridized carbons (Fsp3) is 0.464. The van der Waals surface area contributed by atoms with Crippen LogP contribution < -0.4 is 5.73 Å². The Hall–Kier alpha value is -3.15. The Morgan fingerprint density at radius 2 is 1.47 bits per heavy atom. The summed E-state index contributed by atoms with van der Waals surface area (Å²) in [7, 11) is 0. The van der Waals surface area contributed by atoms with E-state index in [1.807, 2.05) is 53.4 Å². The van der Waals surface area contributed by atoms with E-state index in [9.17, 15) is 9.59 Å². The van der Waals surface area contributed by atoms with Crippen LogP contribution in [0.2, 0.25) is 0 Å². The maximum atomic E-state index is 13.0. The lowest BCUT2D eigenvalue weighted by atomic mass is 9.92. The smallest absolute Gasteiger partial charge is 0.306 e. The lowest BCUT2D eigenvalue weighted by Crippen LogP contribution is -2.39. The van der Waals surface area contributed by atoms with Gasteiger partial charge >= 0.3 is 5.97 Å². The highest BCUT2D eigenvalue weighted by molar-refractivity contribution is 5.96. The molecule has 3 N–H and O–H groups in total. The van der Waals surface area contributed by atoms with Gasteiger partial charge in [-0.25, -0.2) is 0 Å². The topological polar surface area (TPSA) is 96.5 Å². The van der Waals surface area contributed by atoms with Crippen LogP contribution >= 0.6 is 0 Å². The summed E-state index contributed by atoms with van der Waals surface area (Å²) >= 11 is 0. The van der Waals surface area contributed by atoms with Gasteiger partial charge in [-0.3, -0.25) is 15.0 Å². The quantitative estimate of drug-likeness (QED) is 0.370. The number of ether oxygens (including phenoxy) is 1. The molecule has 0 unspecified atom stereocenters. The zero-order valence-corrected chi connectivity index (χ0v) is 19.6. The van der Waals surface area contributed by atoms with Crippen molar-refractivity contribution in [1.82, 2.24) is 4.90 Å². The van der Waals surface area contributed by atoms with Crippen molar-refractivity contribution < 1.29 is 14.3 Å². The van der Waals surface area contributed by atoms with Gasteiger partial charge in [-0.05, 0) is 80.0 Å². The number of likely N-dealkylation sites (tertiary alicyclic amines) is 1. The summed E-state index contributed by atoms with van der Waals surface area (Å²) in [5, 5.41) is 7.50. The summed E-state index contributed by atoms with van der Waals surface area (Å²) in [5.74, 6) is 1.12. The number of rotatable bonds is 6. The highest BCUT2D eigenvalue weighted by Crippen LogP contribution is 2.50. The average Bonchev–Trinajstić information content (AvgIpc) is 3.45. The molecule has 0 spiro atoms. The summed E-state index contributed by atoms with van der Waals surface area (Å²) < 4.78 is 5.97. The second-order valence-corrected chi connectivity index (χ2v) is 10.3. The van der Waals surface area contributed by atoms with Gasteiger partial charge in [-0.15, -0.1) is 0 Å². The van der Waals surface area contributed by atoms with Gasteiger partial charge in [0.25, 0.3) is 5.91 Å². The normalized spacial score (nSPS) is 24.2. The van der Waals surface area contributed by atoms with Gasteiger partial charge in [-0.2, -0.15) is 0 Å². The number of nitrogens with two attached hydrogens (primary N) is 1. The van der Waals surface area contributed by atoms with Crippen molar-refractivity contribution in [2.45, 2.75) is 57.0 Å². The van der Waals surface area contributed by atoms with Gasteiger partial charge in [0.15, 0.2) is 0 Å². The summed E-state index contributed by atoms with van der Waals surface area (Å²) in [6.07, 6.45) is 7.73. The van der Waals surface area contributed by atoms with E-state index in [1.165, 1.54) is 12.8 Å². The van der Waals surface area contributed by atoms with E-state index in [4.69, 9.17) is 15.9 Å². The number of carbonyl (C=O) groups is 2. The number of benzene rings is 2. The van der Waals surface area contributed by atoms with Gasteiger partial charge in [0.2, 0.25) is 0 Å². The van der Waals surface area contributed by atoms with Crippen molar-refractivity contribution >= 4 is 17.7 Å². The number of esters is 1. The first-order valence-corrected chi connectivity index (χ1v) is 12.5. The Balaban J connectivity index is 1.12. The van der Waals surface area contributed by atoms with Gasteiger partial charge in [-0.1, -0.05) is 36.4 Å². The second kappa shape index (κ2) is 9.24. The van der Waals surface area contributed by atoms with Crippen molar-refractivity contribution in [3.63, 3.8) is 0 Å². The van der Waals surface area contributed by atoms with Crippen LogP contribution in [0.25, 0.3) is 11.1 Å². The largest absolute Gasteiger partial charge is 0.459 e. The summed E-state index contributed by atoms with van der Waals surface area (Å²) in [6.45, 7) is 1.36. The van der Waals surface area contributed by atoms with Crippen LogP contribution in [-0.4, -0.2) is 41.3 Å². The zero-order valence-electron chi connectivity index (χ0n) is 19.6. The molecule has 5 rings (SSSR count). The van der Waals surface area contributed by atoms with E-state index in [0.29, 0.717) is 36.6 Å². The third kappa shape index (κ3) is 4.72. The van der Waals surface area contributed by atoms with Gasteiger partial charge in [0.05, 0.1) is 0 Å². The van der Waals surface area contributed by atoms with Crippen LogP contribution in [0, 0.1) is 17.2 Å². The minimum atomic E-state index is -0.153. The molecule has 0 atom stereocenters. The van der Waals surface area contributed by atoms with Crippen molar-refractivity contribution in [2.24, 2.45) is 17.6 Å². The fourth-order valence-electron chi connectivity index (χ4n) is 5.97. The number of nitrogens with zero attached hydrogens (tertiary/aromatic N) is 1. The minimum Gasteiger partial charge on any atom is -0.459 e. The maximum Gasteiger partial charge on any atom is 0.306 e. The van der Waals surface area contributed by atoms with Gasteiger partial charge in [0, 0.05) is 30.6 Å². The highest BCUT2D eigenvalue weighted by atomic mass is 16.6. The molecule has 1 aliphatic heterocycles. The molecule has 2 aliphatic carbocycles. The number of amides is 1. The number of nitrogens with one attached hydrogen (secondary N) is 1. The monoisotopic (exact) mass is 459 g/mol. The molecule has 6 heteroatoms. The Morgan fingerprint density at radius 1 is 0.912 bits per heavy atom. The lowest BCUT2D eigenvalue weighted by Gasteiger charge is -2.33. The number of hydrogen-bond acceptors (Lipinski definition) is 4.